The normalized spacial score (nSPS) is 17.1. The molecule has 9 heteroatoms. The highest BCUT2D eigenvalue weighted by molar-refractivity contribution is 6.51. The Balaban J connectivity index is 2.77. The molecule has 5 nitrogen and oxygen atoms in total. The maximum atomic E-state index is 8.71. The summed E-state index contributed by atoms with van der Waals surface area (Å²) >= 11 is 0. The van der Waals surface area contributed by atoms with E-state index in [1.54, 1.807) is 6.55 Å². The quantitative estimate of drug-likeness (QED) is 0.349. The van der Waals surface area contributed by atoms with Gasteiger partial charge in [-0.2, -0.15) is 0 Å². The lowest BCUT2D eigenvalue weighted by Crippen LogP contribution is -2.20. The Labute approximate surface area is 68.4 Å². The molecule has 0 rings (SSSR count). The predicted octanol–water partition coefficient (Wildman–Crippen LogP) is -4.13. The molecule has 2 N–H and O–H groups in total. The first kappa shape index (κ1) is 10.7. The van der Waals surface area contributed by atoms with Crippen molar-refractivity contribution in [1.29, 1.82) is 0 Å². The first-order chi connectivity index (χ1) is 4.77. The van der Waals surface area contributed by atoms with Gasteiger partial charge >= 0.3 is 9.28 Å². The minimum atomic E-state index is -1.87. The number of hydrogen-bond donors (Lipinski definition) is 2. The van der Waals surface area contributed by atoms with Crippen LogP contribution in [0.3, 0.4) is 0 Å². The summed E-state index contributed by atoms with van der Waals surface area (Å²) in [5.74, 6) is 0. The van der Waals surface area contributed by atoms with Gasteiger partial charge in [0.1, 0.15) is 0 Å². The van der Waals surface area contributed by atoms with E-state index in [1.807, 2.05) is 0 Å². The van der Waals surface area contributed by atoms with Crippen LogP contribution in [0.2, 0.25) is 6.55 Å². The van der Waals surface area contributed by atoms with Crippen molar-refractivity contribution < 1.29 is 21.9 Å². The highest BCUT2D eigenvalue weighted by Crippen LogP contribution is 1.76. The second kappa shape index (κ2) is 7.77. The van der Waals surface area contributed by atoms with Crippen molar-refractivity contribution in [2.75, 3.05) is 0 Å². The average molecular weight is 216 g/mol. The van der Waals surface area contributed by atoms with E-state index in [9.17, 15) is 0 Å². The van der Waals surface area contributed by atoms with Gasteiger partial charge in [0.25, 0.3) is 30.0 Å². The molecule has 0 spiro atoms. The molecule has 0 fully saturated rings. The van der Waals surface area contributed by atoms with Crippen LogP contribution in [0.15, 0.2) is 0 Å². The largest absolute Gasteiger partial charge is 0.425 e. The van der Waals surface area contributed by atoms with Gasteiger partial charge in [0, 0.05) is 0 Å². The SMILES string of the molecule is C[SiH](O)O[SiH2]O[SiH2]O[SiH2]O. The summed E-state index contributed by atoms with van der Waals surface area (Å²) in [5.41, 5.74) is 0. The molecule has 0 aliphatic rings. The summed E-state index contributed by atoms with van der Waals surface area (Å²) in [7, 11) is -5.12. The van der Waals surface area contributed by atoms with E-state index < -0.39 is 39.3 Å². The maximum absolute atomic E-state index is 8.71. The molecule has 0 heterocycles. The number of hydrogen-bond acceptors (Lipinski definition) is 5. The van der Waals surface area contributed by atoms with E-state index in [-0.39, 0.29) is 0 Å². The third kappa shape index (κ3) is 8.67. The molecule has 62 valence electrons. The average Bonchev–Trinajstić information content (AvgIpc) is 1.87. The third-order valence-corrected chi connectivity index (χ3v) is 5.85. The topological polar surface area (TPSA) is 68.2 Å². The van der Waals surface area contributed by atoms with Gasteiger partial charge < -0.3 is 21.9 Å². The van der Waals surface area contributed by atoms with Crippen LogP contribution >= 0.6 is 0 Å². The molecule has 0 aromatic heterocycles. The minimum absolute atomic E-state index is 0.972. The van der Waals surface area contributed by atoms with Crippen molar-refractivity contribution in [2.24, 2.45) is 0 Å². The van der Waals surface area contributed by atoms with Crippen LogP contribution in [-0.4, -0.2) is 48.9 Å². The van der Waals surface area contributed by atoms with Gasteiger partial charge in [0.2, 0.25) is 0 Å². The van der Waals surface area contributed by atoms with E-state index in [0.29, 0.717) is 0 Å². The Morgan fingerprint density at radius 2 is 2.00 bits per heavy atom. The smallest absolute Gasteiger partial charge is 0.306 e. The molecule has 0 radical (unpaired) electrons. The molecule has 0 saturated heterocycles. The summed E-state index contributed by atoms with van der Waals surface area (Å²) in [6, 6.07) is 0. The van der Waals surface area contributed by atoms with Gasteiger partial charge in [-0.05, 0) is 6.55 Å². The lowest BCUT2D eigenvalue weighted by molar-refractivity contribution is 0.367. The zero-order valence-corrected chi connectivity index (χ0v) is 11.2. The molecule has 0 aromatic rings. The number of rotatable bonds is 6. The van der Waals surface area contributed by atoms with Gasteiger partial charge in [-0.3, -0.25) is 0 Å². The van der Waals surface area contributed by atoms with Crippen molar-refractivity contribution in [3.63, 3.8) is 0 Å². The lowest BCUT2D eigenvalue weighted by Gasteiger charge is -2.05. The summed E-state index contributed by atoms with van der Waals surface area (Å²) in [6.07, 6.45) is 0. The second-order valence-corrected chi connectivity index (χ2v) is 8.07. The molecular weight excluding hydrogens is 204 g/mol. The molecule has 0 aliphatic carbocycles. The molecule has 0 amide bonds. The Morgan fingerprint density at radius 1 is 1.30 bits per heavy atom. The third-order valence-electron chi connectivity index (χ3n) is 0.651. The van der Waals surface area contributed by atoms with Gasteiger partial charge in [-0.15, -0.1) is 0 Å². The first-order valence-electron chi connectivity index (χ1n) is 2.83. The minimum Gasteiger partial charge on any atom is -0.425 e. The van der Waals surface area contributed by atoms with E-state index in [4.69, 9.17) is 21.9 Å². The molecular formula is CH12O5Si4. The first-order valence-corrected chi connectivity index (χ1v) is 8.49. The molecule has 1 atom stereocenters. The van der Waals surface area contributed by atoms with Crippen LogP contribution in [0.5, 0.6) is 0 Å². The van der Waals surface area contributed by atoms with E-state index in [1.165, 1.54) is 0 Å². The lowest BCUT2D eigenvalue weighted by atomic mass is 11.9. The molecule has 10 heavy (non-hydrogen) atoms. The summed E-state index contributed by atoms with van der Waals surface area (Å²) in [6.45, 7) is 1.67. The molecule has 0 saturated carbocycles. The van der Waals surface area contributed by atoms with Crippen LogP contribution in [0.4, 0.5) is 0 Å². The fourth-order valence-corrected chi connectivity index (χ4v) is 4.42. The second-order valence-electron chi connectivity index (χ2n) is 1.54. The van der Waals surface area contributed by atoms with Crippen LogP contribution in [0.1, 0.15) is 0 Å². The summed E-state index contributed by atoms with van der Waals surface area (Å²) < 4.78 is 14.6. The van der Waals surface area contributed by atoms with E-state index in [2.05, 4.69) is 0 Å². The Bertz CT molecular complexity index is 68.7. The van der Waals surface area contributed by atoms with Gasteiger partial charge in [0.05, 0.1) is 0 Å². The van der Waals surface area contributed by atoms with Crippen LogP contribution in [0, 0.1) is 0 Å². The van der Waals surface area contributed by atoms with Crippen molar-refractivity contribution in [3.8, 4) is 0 Å². The Morgan fingerprint density at radius 3 is 2.50 bits per heavy atom. The summed E-state index contributed by atoms with van der Waals surface area (Å²) in [5, 5.41) is 0. The Kier molecular flexibility index (Phi) is 8.29. The van der Waals surface area contributed by atoms with Crippen molar-refractivity contribution in [2.45, 2.75) is 6.55 Å². The van der Waals surface area contributed by atoms with E-state index >= 15 is 0 Å². The van der Waals surface area contributed by atoms with Crippen molar-refractivity contribution >= 4 is 39.3 Å². The van der Waals surface area contributed by atoms with Gasteiger partial charge in [0.15, 0.2) is 0 Å². The van der Waals surface area contributed by atoms with Crippen LogP contribution in [-0.2, 0) is 12.3 Å². The fraction of sp³-hybridized carbons (Fsp3) is 1.00. The zero-order chi connectivity index (χ0) is 7.82. The zero-order valence-electron chi connectivity index (χ0n) is 5.82. The molecule has 0 bridgehead atoms. The van der Waals surface area contributed by atoms with Gasteiger partial charge in [-0.1, -0.05) is 0 Å². The maximum Gasteiger partial charge on any atom is 0.306 e. The predicted molar refractivity (Wildman–Crippen MR) is 46.3 cm³/mol. The summed E-state index contributed by atoms with van der Waals surface area (Å²) in [4.78, 5) is 17.0. The standard InChI is InChI=1S/CH12O5Si4/c1-10(3)6-9-5-8-4-7-2/h2-3,10H,7-9H2,1H3. The van der Waals surface area contributed by atoms with Gasteiger partial charge in [-0.25, -0.2) is 0 Å². The molecule has 0 aliphatic heterocycles. The Hall–Kier alpha value is 0.668. The highest BCUT2D eigenvalue weighted by atomic mass is 28.4. The fourth-order valence-electron chi connectivity index (χ4n) is 0.277. The highest BCUT2D eigenvalue weighted by Gasteiger charge is 1.97. The monoisotopic (exact) mass is 216 g/mol. The van der Waals surface area contributed by atoms with Crippen LogP contribution < -0.4 is 0 Å². The van der Waals surface area contributed by atoms with Crippen LogP contribution in [0.25, 0.3) is 0 Å². The van der Waals surface area contributed by atoms with Crippen molar-refractivity contribution in [1.82, 2.24) is 0 Å². The van der Waals surface area contributed by atoms with Crippen molar-refractivity contribution in [3.05, 3.63) is 0 Å². The molecule has 0 aromatic carbocycles. The van der Waals surface area contributed by atoms with E-state index in [0.717, 1.165) is 0 Å². The molecule has 1 unspecified atom stereocenters.